The molecule has 2 aliphatic heterocycles. The van der Waals surface area contributed by atoms with Crippen LogP contribution in [0, 0.1) is 6.92 Å². The van der Waals surface area contributed by atoms with Crippen LogP contribution in [-0.4, -0.2) is 58.4 Å². The van der Waals surface area contributed by atoms with E-state index in [1.807, 2.05) is 11.8 Å². The van der Waals surface area contributed by atoms with E-state index in [9.17, 15) is 4.79 Å². The van der Waals surface area contributed by atoms with Crippen LogP contribution in [0.5, 0.6) is 0 Å². The summed E-state index contributed by atoms with van der Waals surface area (Å²) in [5, 5.41) is 6.92. The molecule has 2 saturated heterocycles. The molecule has 1 amide bonds. The number of hydrogen-bond donors (Lipinski definition) is 1. The number of ether oxygens (including phenoxy) is 2. The summed E-state index contributed by atoms with van der Waals surface area (Å²) in [5.41, 5.74) is 0. The van der Waals surface area contributed by atoms with Crippen molar-refractivity contribution >= 4 is 5.91 Å². The SMILES string of the molecule is Cc1nc([C@H]2CN(C(=O)C[C@@H]3CCCO3)CCO2)n[nH]1. The van der Waals surface area contributed by atoms with E-state index in [0.29, 0.717) is 31.9 Å². The average Bonchev–Trinajstić information content (AvgIpc) is 3.10. The second kappa shape index (κ2) is 5.88. The van der Waals surface area contributed by atoms with Crippen molar-refractivity contribution in [2.75, 3.05) is 26.3 Å². The Morgan fingerprint density at radius 1 is 1.45 bits per heavy atom. The molecular weight excluding hydrogens is 260 g/mol. The molecule has 0 saturated carbocycles. The zero-order valence-electron chi connectivity index (χ0n) is 11.7. The van der Waals surface area contributed by atoms with Crippen molar-refractivity contribution in [2.45, 2.75) is 38.4 Å². The van der Waals surface area contributed by atoms with Crippen LogP contribution in [0.3, 0.4) is 0 Å². The predicted octanol–water partition coefficient (Wildman–Crippen LogP) is 0.582. The highest BCUT2D eigenvalue weighted by Gasteiger charge is 2.29. The molecule has 7 heteroatoms. The number of nitrogens with zero attached hydrogens (tertiary/aromatic N) is 3. The molecule has 7 nitrogen and oxygen atoms in total. The van der Waals surface area contributed by atoms with Gasteiger partial charge in [-0.1, -0.05) is 0 Å². The largest absolute Gasteiger partial charge is 0.378 e. The molecule has 0 aromatic carbocycles. The second-order valence-electron chi connectivity index (χ2n) is 5.32. The zero-order valence-corrected chi connectivity index (χ0v) is 11.7. The van der Waals surface area contributed by atoms with Gasteiger partial charge in [-0.15, -0.1) is 0 Å². The monoisotopic (exact) mass is 280 g/mol. The van der Waals surface area contributed by atoms with Crippen molar-refractivity contribution in [1.29, 1.82) is 0 Å². The van der Waals surface area contributed by atoms with Gasteiger partial charge in [0.1, 0.15) is 11.9 Å². The highest BCUT2D eigenvalue weighted by atomic mass is 16.5. The molecule has 1 aromatic rings. The Labute approximate surface area is 117 Å². The highest BCUT2D eigenvalue weighted by Crippen LogP contribution is 2.21. The Balaban J connectivity index is 1.58. The molecule has 2 aliphatic rings. The van der Waals surface area contributed by atoms with E-state index < -0.39 is 0 Å². The van der Waals surface area contributed by atoms with E-state index in [2.05, 4.69) is 15.2 Å². The molecule has 3 heterocycles. The topological polar surface area (TPSA) is 80.3 Å². The molecule has 0 aliphatic carbocycles. The Morgan fingerprint density at radius 2 is 2.35 bits per heavy atom. The third-order valence-corrected chi connectivity index (χ3v) is 3.75. The maximum atomic E-state index is 12.3. The average molecular weight is 280 g/mol. The Kier molecular flexibility index (Phi) is 3.98. The van der Waals surface area contributed by atoms with Gasteiger partial charge in [0, 0.05) is 13.2 Å². The summed E-state index contributed by atoms with van der Waals surface area (Å²) in [6.45, 7) is 4.30. The summed E-state index contributed by atoms with van der Waals surface area (Å²) in [7, 11) is 0. The molecule has 0 unspecified atom stereocenters. The summed E-state index contributed by atoms with van der Waals surface area (Å²) in [4.78, 5) is 18.4. The molecule has 20 heavy (non-hydrogen) atoms. The molecule has 0 bridgehead atoms. The molecule has 1 N–H and O–H groups in total. The van der Waals surface area contributed by atoms with Crippen molar-refractivity contribution in [1.82, 2.24) is 20.1 Å². The number of amides is 1. The number of carbonyl (C=O) groups excluding carboxylic acids is 1. The van der Waals surface area contributed by atoms with Gasteiger partial charge in [-0.25, -0.2) is 4.98 Å². The molecule has 3 rings (SSSR count). The fourth-order valence-corrected chi connectivity index (χ4v) is 2.67. The van der Waals surface area contributed by atoms with Gasteiger partial charge in [0.2, 0.25) is 5.91 Å². The maximum absolute atomic E-state index is 12.3. The molecule has 0 spiro atoms. The van der Waals surface area contributed by atoms with Gasteiger partial charge >= 0.3 is 0 Å². The van der Waals surface area contributed by atoms with Crippen molar-refractivity contribution < 1.29 is 14.3 Å². The minimum atomic E-state index is -0.234. The van der Waals surface area contributed by atoms with E-state index in [1.54, 1.807) is 0 Å². The lowest BCUT2D eigenvalue weighted by Crippen LogP contribution is -2.43. The Hall–Kier alpha value is -1.47. The van der Waals surface area contributed by atoms with E-state index in [1.165, 1.54) is 0 Å². The minimum Gasteiger partial charge on any atom is -0.378 e. The fraction of sp³-hybridized carbons (Fsp3) is 0.769. The zero-order chi connectivity index (χ0) is 13.9. The fourth-order valence-electron chi connectivity index (χ4n) is 2.67. The van der Waals surface area contributed by atoms with Crippen LogP contribution in [0.4, 0.5) is 0 Å². The molecular formula is C13H20N4O3. The first-order chi connectivity index (χ1) is 9.72. The van der Waals surface area contributed by atoms with Crippen molar-refractivity contribution in [2.24, 2.45) is 0 Å². The number of carbonyl (C=O) groups is 1. The summed E-state index contributed by atoms with van der Waals surface area (Å²) in [6.07, 6.45) is 2.37. The van der Waals surface area contributed by atoms with Crippen molar-refractivity contribution in [3.63, 3.8) is 0 Å². The highest BCUT2D eigenvalue weighted by molar-refractivity contribution is 5.76. The van der Waals surface area contributed by atoms with Crippen LogP contribution in [0.15, 0.2) is 0 Å². The number of hydrogen-bond acceptors (Lipinski definition) is 5. The van der Waals surface area contributed by atoms with Crippen molar-refractivity contribution in [3.05, 3.63) is 11.6 Å². The number of morpholine rings is 1. The first kappa shape index (κ1) is 13.5. The molecule has 110 valence electrons. The summed E-state index contributed by atoms with van der Waals surface area (Å²) in [6, 6.07) is 0. The van der Waals surface area contributed by atoms with Gasteiger partial charge < -0.3 is 14.4 Å². The third-order valence-electron chi connectivity index (χ3n) is 3.75. The number of nitrogens with one attached hydrogen (secondary N) is 1. The van der Waals surface area contributed by atoms with Gasteiger partial charge in [0.25, 0.3) is 0 Å². The predicted molar refractivity (Wildman–Crippen MR) is 70.0 cm³/mol. The number of aryl methyl sites for hydroxylation is 1. The van der Waals surface area contributed by atoms with E-state index in [0.717, 1.165) is 25.3 Å². The van der Waals surface area contributed by atoms with Gasteiger partial charge in [-0.2, -0.15) is 5.10 Å². The molecule has 1 aromatic heterocycles. The minimum absolute atomic E-state index is 0.0922. The van der Waals surface area contributed by atoms with Gasteiger partial charge in [0.05, 0.1) is 25.7 Å². The third kappa shape index (κ3) is 2.99. The van der Waals surface area contributed by atoms with Gasteiger partial charge in [0.15, 0.2) is 5.82 Å². The lowest BCUT2D eigenvalue weighted by molar-refractivity contribution is -0.141. The molecule has 0 radical (unpaired) electrons. The first-order valence-electron chi connectivity index (χ1n) is 7.12. The maximum Gasteiger partial charge on any atom is 0.225 e. The second-order valence-corrected chi connectivity index (χ2v) is 5.32. The van der Waals surface area contributed by atoms with Crippen LogP contribution in [-0.2, 0) is 14.3 Å². The summed E-state index contributed by atoms with van der Waals surface area (Å²) < 4.78 is 11.2. The summed E-state index contributed by atoms with van der Waals surface area (Å²) >= 11 is 0. The van der Waals surface area contributed by atoms with Crippen LogP contribution in [0.1, 0.15) is 37.0 Å². The van der Waals surface area contributed by atoms with Crippen LogP contribution in [0.2, 0.25) is 0 Å². The quantitative estimate of drug-likeness (QED) is 0.876. The lowest BCUT2D eigenvalue weighted by atomic mass is 10.1. The summed E-state index contributed by atoms with van der Waals surface area (Å²) in [5.74, 6) is 1.51. The van der Waals surface area contributed by atoms with Crippen LogP contribution >= 0.6 is 0 Å². The number of rotatable bonds is 3. The molecule has 2 atom stereocenters. The molecule has 2 fully saturated rings. The van der Waals surface area contributed by atoms with Crippen molar-refractivity contribution in [3.8, 4) is 0 Å². The standard InChI is InChI=1S/C13H20N4O3/c1-9-14-13(16-15-9)11-8-17(4-6-20-11)12(18)7-10-3-2-5-19-10/h10-11H,2-8H2,1H3,(H,14,15,16)/t10-,11+/m0/s1. The van der Waals surface area contributed by atoms with Crippen LogP contribution in [0.25, 0.3) is 0 Å². The van der Waals surface area contributed by atoms with E-state index >= 15 is 0 Å². The van der Waals surface area contributed by atoms with E-state index in [-0.39, 0.29) is 18.1 Å². The smallest absolute Gasteiger partial charge is 0.225 e. The number of H-pyrrole nitrogens is 1. The van der Waals surface area contributed by atoms with E-state index in [4.69, 9.17) is 9.47 Å². The normalized spacial score (nSPS) is 26.9. The van der Waals surface area contributed by atoms with Gasteiger partial charge in [-0.3, -0.25) is 9.89 Å². The number of aromatic amines is 1. The number of aromatic nitrogens is 3. The first-order valence-corrected chi connectivity index (χ1v) is 7.12. The Bertz CT molecular complexity index is 470. The Morgan fingerprint density at radius 3 is 3.05 bits per heavy atom. The lowest BCUT2D eigenvalue weighted by Gasteiger charge is -2.32. The van der Waals surface area contributed by atoms with Gasteiger partial charge in [-0.05, 0) is 19.8 Å². The van der Waals surface area contributed by atoms with Crippen LogP contribution < -0.4 is 0 Å².